The van der Waals surface area contributed by atoms with Crippen molar-refractivity contribution < 1.29 is 4.74 Å². The topological polar surface area (TPSA) is 88.1 Å². The lowest BCUT2D eigenvalue weighted by molar-refractivity contribution is 0.122. The smallest absolute Gasteiger partial charge is 0.232 e. The van der Waals surface area contributed by atoms with Gasteiger partial charge < -0.3 is 20.3 Å². The number of benzene rings is 1. The van der Waals surface area contributed by atoms with Crippen LogP contribution in [0.15, 0.2) is 65.0 Å². The van der Waals surface area contributed by atoms with Crippen molar-refractivity contribution in [2.75, 3.05) is 36.5 Å². The van der Waals surface area contributed by atoms with Crippen LogP contribution in [0.3, 0.4) is 0 Å². The Bertz CT molecular complexity index is 1000. The van der Waals surface area contributed by atoms with Crippen molar-refractivity contribution in [1.82, 2.24) is 25.3 Å². The van der Waals surface area contributed by atoms with Gasteiger partial charge in [0.1, 0.15) is 10.8 Å². The molecule has 31 heavy (non-hydrogen) atoms. The van der Waals surface area contributed by atoms with Crippen LogP contribution < -0.4 is 15.5 Å². The van der Waals surface area contributed by atoms with Crippen LogP contribution in [0.25, 0.3) is 0 Å². The maximum atomic E-state index is 5.52. The number of hydrogen-bond acceptors (Lipinski definition) is 8. The van der Waals surface area contributed by atoms with Crippen molar-refractivity contribution in [2.45, 2.75) is 23.1 Å². The molecule has 0 amide bonds. The van der Waals surface area contributed by atoms with Crippen LogP contribution >= 0.6 is 24.0 Å². The maximum Gasteiger partial charge on any atom is 0.232 e. The van der Waals surface area contributed by atoms with Gasteiger partial charge in [0.15, 0.2) is 10.3 Å². The van der Waals surface area contributed by atoms with E-state index >= 15 is 0 Å². The van der Waals surface area contributed by atoms with Gasteiger partial charge in [-0.05, 0) is 42.5 Å². The Morgan fingerprint density at radius 3 is 2.58 bits per heavy atom. The Hall–Kier alpha value is -2.82. The van der Waals surface area contributed by atoms with Gasteiger partial charge in [-0.2, -0.15) is 4.98 Å². The summed E-state index contributed by atoms with van der Waals surface area (Å²) in [5, 5.41) is 8.25. The predicted molar refractivity (Wildman–Crippen MR) is 125 cm³/mol. The Morgan fingerprint density at radius 2 is 1.84 bits per heavy atom. The predicted octanol–water partition coefficient (Wildman–Crippen LogP) is 3.30. The third kappa shape index (κ3) is 6.09. The SMILES string of the molecule is CC(NC(=S)Nc1nc(Sc2ncccn2)cc(N2CCOCC2)n1)c1ccccc1. The highest BCUT2D eigenvalue weighted by molar-refractivity contribution is 7.99. The summed E-state index contributed by atoms with van der Waals surface area (Å²) < 4.78 is 5.47. The molecule has 1 aromatic carbocycles. The van der Waals surface area contributed by atoms with Gasteiger partial charge in [-0.3, -0.25) is 0 Å². The van der Waals surface area contributed by atoms with Crippen LogP contribution in [0.5, 0.6) is 0 Å². The fourth-order valence-corrected chi connectivity index (χ4v) is 4.05. The Morgan fingerprint density at radius 1 is 1.10 bits per heavy atom. The Kier molecular flexibility index (Phi) is 7.23. The molecule has 1 atom stereocenters. The van der Waals surface area contributed by atoms with Crippen molar-refractivity contribution in [1.29, 1.82) is 0 Å². The molecule has 3 heterocycles. The highest BCUT2D eigenvalue weighted by Gasteiger charge is 2.17. The molecule has 1 fully saturated rings. The first-order valence-corrected chi connectivity index (χ1v) is 11.2. The van der Waals surface area contributed by atoms with Crippen LogP contribution in [0.1, 0.15) is 18.5 Å². The molecule has 2 N–H and O–H groups in total. The average molecular weight is 454 g/mol. The molecule has 1 aliphatic heterocycles. The van der Waals surface area contributed by atoms with Gasteiger partial charge in [0.2, 0.25) is 5.95 Å². The van der Waals surface area contributed by atoms with Gasteiger partial charge in [0.25, 0.3) is 0 Å². The van der Waals surface area contributed by atoms with E-state index in [0.717, 1.165) is 29.5 Å². The zero-order chi connectivity index (χ0) is 21.5. The van der Waals surface area contributed by atoms with Crippen molar-refractivity contribution >= 4 is 40.9 Å². The molecule has 8 nitrogen and oxygen atoms in total. The van der Waals surface area contributed by atoms with Gasteiger partial charge in [0.05, 0.1) is 19.3 Å². The van der Waals surface area contributed by atoms with Crippen molar-refractivity contribution in [3.05, 3.63) is 60.4 Å². The maximum absolute atomic E-state index is 5.52. The first-order chi connectivity index (χ1) is 15.2. The summed E-state index contributed by atoms with van der Waals surface area (Å²) in [5.41, 5.74) is 1.15. The lowest BCUT2D eigenvalue weighted by Crippen LogP contribution is -2.37. The van der Waals surface area contributed by atoms with E-state index in [1.807, 2.05) is 24.3 Å². The van der Waals surface area contributed by atoms with Gasteiger partial charge in [0, 0.05) is 31.5 Å². The zero-order valence-electron chi connectivity index (χ0n) is 17.1. The second-order valence-electron chi connectivity index (χ2n) is 6.85. The van der Waals surface area contributed by atoms with Gasteiger partial charge in [-0.25, -0.2) is 15.0 Å². The van der Waals surface area contributed by atoms with E-state index in [0.29, 0.717) is 29.4 Å². The molecule has 10 heteroatoms. The number of rotatable bonds is 6. The van der Waals surface area contributed by atoms with E-state index in [4.69, 9.17) is 17.0 Å². The van der Waals surface area contributed by atoms with E-state index < -0.39 is 0 Å². The van der Waals surface area contributed by atoms with E-state index in [1.165, 1.54) is 11.8 Å². The Balaban J connectivity index is 1.52. The Labute approximate surface area is 190 Å². The largest absolute Gasteiger partial charge is 0.378 e. The molecule has 0 saturated carbocycles. The minimum Gasteiger partial charge on any atom is -0.378 e. The first-order valence-electron chi connectivity index (χ1n) is 9.96. The van der Waals surface area contributed by atoms with Crippen LogP contribution in [0.4, 0.5) is 11.8 Å². The fourth-order valence-electron chi connectivity index (χ4n) is 3.07. The van der Waals surface area contributed by atoms with Crippen LogP contribution in [-0.4, -0.2) is 51.4 Å². The minimum absolute atomic E-state index is 0.0511. The molecule has 0 bridgehead atoms. The molecule has 1 unspecified atom stereocenters. The van der Waals surface area contributed by atoms with Crippen LogP contribution in [0.2, 0.25) is 0 Å². The number of ether oxygens (including phenoxy) is 1. The molecule has 160 valence electrons. The number of thiocarbonyl (C=S) groups is 1. The molecule has 1 aliphatic rings. The van der Waals surface area contributed by atoms with Crippen molar-refractivity contribution in [3.63, 3.8) is 0 Å². The number of anilines is 2. The summed E-state index contributed by atoms with van der Waals surface area (Å²) in [7, 11) is 0. The second-order valence-corrected chi connectivity index (χ2v) is 8.25. The number of morpholine rings is 1. The van der Waals surface area contributed by atoms with Crippen LogP contribution in [-0.2, 0) is 4.74 Å². The summed E-state index contributed by atoms with van der Waals surface area (Å²) in [5.74, 6) is 1.25. The van der Waals surface area contributed by atoms with Gasteiger partial charge in [-0.15, -0.1) is 0 Å². The molecule has 3 aromatic rings. The summed E-state index contributed by atoms with van der Waals surface area (Å²) in [6, 6.07) is 13.9. The normalized spacial score (nSPS) is 14.7. The molecular weight excluding hydrogens is 430 g/mol. The molecule has 0 radical (unpaired) electrons. The zero-order valence-corrected chi connectivity index (χ0v) is 18.7. The van der Waals surface area contributed by atoms with E-state index in [1.54, 1.807) is 18.5 Å². The number of hydrogen-bond donors (Lipinski definition) is 2. The third-order valence-electron chi connectivity index (χ3n) is 4.63. The average Bonchev–Trinajstić information content (AvgIpc) is 2.80. The highest BCUT2D eigenvalue weighted by Crippen LogP contribution is 2.27. The third-order valence-corrected chi connectivity index (χ3v) is 5.67. The van der Waals surface area contributed by atoms with Crippen LogP contribution in [0, 0.1) is 0 Å². The lowest BCUT2D eigenvalue weighted by Gasteiger charge is -2.28. The monoisotopic (exact) mass is 453 g/mol. The fraction of sp³-hybridized carbons (Fsp3) is 0.286. The molecule has 1 saturated heterocycles. The van der Waals surface area contributed by atoms with Crippen molar-refractivity contribution in [2.24, 2.45) is 0 Å². The van der Waals surface area contributed by atoms with Crippen molar-refractivity contribution in [3.8, 4) is 0 Å². The number of nitrogens with zero attached hydrogens (tertiary/aromatic N) is 5. The lowest BCUT2D eigenvalue weighted by atomic mass is 10.1. The molecular formula is C21H23N7OS2. The highest BCUT2D eigenvalue weighted by atomic mass is 32.2. The quantitative estimate of drug-likeness (QED) is 0.329. The summed E-state index contributed by atoms with van der Waals surface area (Å²) >= 11 is 6.90. The number of nitrogens with one attached hydrogen (secondary N) is 2. The summed E-state index contributed by atoms with van der Waals surface area (Å²) in [4.78, 5) is 20.0. The van der Waals surface area contributed by atoms with Gasteiger partial charge >= 0.3 is 0 Å². The second kappa shape index (κ2) is 10.5. The first kappa shape index (κ1) is 21.4. The van der Waals surface area contributed by atoms with E-state index in [-0.39, 0.29) is 6.04 Å². The summed E-state index contributed by atoms with van der Waals surface area (Å²) in [6.07, 6.45) is 3.42. The standard InChI is InChI=1S/C21H23N7OS2/c1-15(16-6-3-2-4-7-16)24-20(30)27-19-25-17(28-10-12-29-13-11-28)14-18(26-19)31-21-22-8-5-9-23-21/h2-9,14-15H,10-13H2,1H3,(H2,24,25,26,27,30). The molecule has 0 aliphatic carbocycles. The minimum atomic E-state index is 0.0511. The van der Waals surface area contributed by atoms with Gasteiger partial charge in [-0.1, -0.05) is 30.3 Å². The molecule has 4 rings (SSSR count). The van der Waals surface area contributed by atoms with E-state index in [9.17, 15) is 0 Å². The number of aromatic nitrogens is 4. The molecule has 0 spiro atoms. The molecule has 2 aromatic heterocycles. The van der Waals surface area contributed by atoms with E-state index in [2.05, 4.69) is 54.5 Å². The summed E-state index contributed by atoms with van der Waals surface area (Å²) in [6.45, 7) is 4.95.